The van der Waals surface area contributed by atoms with Gasteiger partial charge in [0.25, 0.3) is 5.69 Å². The zero-order valence-electron chi connectivity index (χ0n) is 17.3. The Balaban J connectivity index is 2.11. The second kappa shape index (κ2) is 12.3. The van der Waals surface area contributed by atoms with Gasteiger partial charge in [0.05, 0.1) is 21.6 Å². The van der Waals surface area contributed by atoms with Crippen molar-refractivity contribution in [3.05, 3.63) is 74.3 Å². The molecule has 2 aromatic carbocycles. The van der Waals surface area contributed by atoms with Gasteiger partial charge in [0.1, 0.15) is 5.69 Å². The number of benzene rings is 2. The highest BCUT2D eigenvalue weighted by Gasteiger charge is 2.19. The number of anilines is 1. The van der Waals surface area contributed by atoms with Crippen LogP contribution in [0.1, 0.15) is 63.9 Å². The summed E-state index contributed by atoms with van der Waals surface area (Å²) in [6.07, 6.45) is 9.01. The fourth-order valence-corrected chi connectivity index (χ4v) is 3.15. The lowest BCUT2D eigenvalue weighted by Gasteiger charge is -2.09. The molecule has 2 aromatic rings. The molecule has 8 heteroatoms. The summed E-state index contributed by atoms with van der Waals surface area (Å²) in [5.74, 6) is 0. The van der Waals surface area contributed by atoms with Crippen LogP contribution in [0.25, 0.3) is 0 Å². The van der Waals surface area contributed by atoms with E-state index in [1.54, 1.807) is 0 Å². The van der Waals surface area contributed by atoms with Crippen LogP contribution in [0.4, 0.5) is 17.1 Å². The number of hydrogen-bond acceptors (Lipinski definition) is 6. The van der Waals surface area contributed by atoms with Crippen molar-refractivity contribution in [3.8, 4) is 0 Å². The predicted octanol–water partition coefficient (Wildman–Crippen LogP) is 6.46. The van der Waals surface area contributed by atoms with Gasteiger partial charge in [-0.05, 0) is 24.5 Å². The molecule has 0 radical (unpaired) electrons. The van der Waals surface area contributed by atoms with Crippen molar-refractivity contribution < 1.29 is 9.85 Å². The van der Waals surface area contributed by atoms with E-state index in [9.17, 15) is 20.2 Å². The minimum Gasteiger partial charge on any atom is -0.271 e. The topological polar surface area (TPSA) is 111 Å². The van der Waals surface area contributed by atoms with Crippen molar-refractivity contribution in [2.24, 2.45) is 5.10 Å². The Labute approximate surface area is 176 Å². The van der Waals surface area contributed by atoms with Crippen LogP contribution in [0.15, 0.2) is 53.6 Å². The van der Waals surface area contributed by atoms with Gasteiger partial charge < -0.3 is 0 Å². The first-order valence-corrected chi connectivity index (χ1v) is 10.3. The molecule has 0 heterocycles. The molecule has 0 aliphatic heterocycles. The van der Waals surface area contributed by atoms with Crippen LogP contribution in [0.2, 0.25) is 0 Å². The SMILES string of the molecule is CCCCCCCCC/C(=N\Nc1ccc([N+](=O)[O-])cc1[N+](=O)[O-])c1ccccc1. The van der Waals surface area contributed by atoms with E-state index in [1.807, 2.05) is 30.3 Å². The van der Waals surface area contributed by atoms with Crippen LogP contribution >= 0.6 is 0 Å². The summed E-state index contributed by atoms with van der Waals surface area (Å²) in [6.45, 7) is 2.20. The molecule has 1 N–H and O–H groups in total. The largest absolute Gasteiger partial charge is 0.301 e. The minimum absolute atomic E-state index is 0.124. The second-order valence-corrected chi connectivity index (χ2v) is 7.12. The van der Waals surface area contributed by atoms with Crippen molar-refractivity contribution in [1.29, 1.82) is 0 Å². The van der Waals surface area contributed by atoms with E-state index >= 15 is 0 Å². The molecule has 0 aliphatic rings. The van der Waals surface area contributed by atoms with Crippen molar-refractivity contribution >= 4 is 22.8 Å². The number of nitro benzene ring substituents is 2. The molecule has 0 aliphatic carbocycles. The molecule has 0 atom stereocenters. The highest BCUT2D eigenvalue weighted by Crippen LogP contribution is 2.29. The van der Waals surface area contributed by atoms with Crippen LogP contribution in [-0.2, 0) is 0 Å². The number of nitrogens with zero attached hydrogens (tertiary/aromatic N) is 3. The van der Waals surface area contributed by atoms with Crippen molar-refractivity contribution in [1.82, 2.24) is 0 Å². The molecule has 0 fully saturated rings. The third-order valence-electron chi connectivity index (χ3n) is 4.82. The van der Waals surface area contributed by atoms with Gasteiger partial charge in [-0.1, -0.05) is 75.8 Å². The average Bonchev–Trinajstić information content (AvgIpc) is 2.75. The van der Waals surface area contributed by atoms with Crippen molar-refractivity contribution in [3.63, 3.8) is 0 Å². The maximum Gasteiger partial charge on any atom is 0.301 e. The van der Waals surface area contributed by atoms with Gasteiger partial charge in [0.15, 0.2) is 0 Å². The lowest BCUT2D eigenvalue weighted by Crippen LogP contribution is -2.06. The van der Waals surface area contributed by atoms with Crippen molar-refractivity contribution in [2.45, 2.75) is 58.3 Å². The Morgan fingerprint density at radius 3 is 2.20 bits per heavy atom. The summed E-state index contributed by atoms with van der Waals surface area (Å²) < 4.78 is 0. The lowest BCUT2D eigenvalue weighted by molar-refractivity contribution is -0.393. The summed E-state index contributed by atoms with van der Waals surface area (Å²) >= 11 is 0. The van der Waals surface area contributed by atoms with E-state index < -0.39 is 9.85 Å². The number of unbranched alkanes of at least 4 members (excludes halogenated alkanes) is 6. The normalized spacial score (nSPS) is 11.3. The summed E-state index contributed by atoms with van der Waals surface area (Å²) in [7, 11) is 0. The molecule has 0 unspecified atom stereocenters. The number of non-ortho nitro benzene ring substituents is 1. The van der Waals surface area contributed by atoms with Crippen LogP contribution in [-0.4, -0.2) is 15.6 Å². The molecule has 2 rings (SSSR count). The Bertz CT molecular complexity index is 869. The first-order chi connectivity index (χ1) is 14.5. The zero-order chi connectivity index (χ0) is 21.8. The Morgan fingerprint density at radius 1 is 0.900 bits per heavy atom. The molecule has 0 spiro atoms. The minimum atomic E-state index is -0.657. The van der Waals surface area contributed by atoms with Crippen LogP contribution in [0.3, 0.4) is 0 Å². The molecule has 0 amide bonds. The van der Waals surface area contributed by atoms with Crippen LogP contribution in [0.5, 0.6) is 0 Å². The van der Waals surface area contributed by atoms with E-state index in [0.29, 0.717) is 0 Å². The smallest absolute Gasteiger partial charge is 0.271 e. The fourth-order valence-electron chi connectivity index (χ4n) is 3.15. The average molecular weight is 412 g/mol. The van der Waals surface area contributed by atoms with Crippen LogP contribution < -0.4 is 5.43 Å². The number of nitrogens with one attached hydrogen (secondary N) is 1. The highest BCUT2D eigenvalue weighted by molar-refractivity contribution is 6.01. The molecule has 0 saturated carbocycles. The summed E-state index contributed by atoms with van der Waals surface area (Å²) in [6, 6.07) is 13.1. The van der Waals surface area contributed by atoms with Gasteiger partial charge in [0.2, 0.25) is 0 Å². The molecular weight excluding hydrogens is 384 g/mol. The summed E-state index contributed by atoms with van der Waals surface area (Å²) in [5.41, 5.74) is 3.91. The van der Waals surface area contributed by atoms with Gasteiger partial charge in [-0.3, -0.25) is 25.7 Å². The van der Waals surface area contributed by atoms with E-state index in [2.05, 4.69) is 17.5 Å². The van der Waals surface area contributed by atoms with E-state index in [4.69, 9.17) is 0 Å². The summed E-state index contributed by atoms with van der Waals surface area (Å²) in [5, 5.41) is 26.6. The quantitative estimate of drug-likeness (QED) is 0.176. The Hall–Kier alpha value is -3.29. The lowest BCUT2D eigenvalue weighted by atomic mass is 10.0. The second-order valence-electron chi connectivity index (χ2n) is 7.12. The van der Waals surface area contributed by atoms with E-state index in [-0.39, 0.29) is 17.1 Å². The predicted molar refractivity (Wildman–Crippen MR) is 119 cm³/mol. The third-order valence-corrected chi connectivity index (χ3v) is 4.82. The number of hydrogen-bond donors (Lipinski definition) is 1. The van der Waals surface area contributed by atoms with Gasteiger partial charge in [-0.2, -0.15) is 5.10 Å². The Morgan fingerprint density at radius 2 is 1.57 bits per heavy atom. The van der Waals surface area contributed by atoms with Crippen LogP contribution in [0, 0.1) is 20.2 Å². The van der Waals surface area contributed by atoms with E-state index in [1.165, 1.54) is 44.2 Å². The number of nitro groups is 2. The molecule has 0 bridgehead atoms. The molecule has 0 saturated heterocycles. The van der Waals surface area contributed by atoms with Crippen molar-refractivity contribution in [2.75, 3.05) is 5.43 Å². The maximum absolute atomic E-state index is 11.3. The first-order valence-electron chi connectivity index (χ1n) is 10.3. The summed E-state index contributed by atoms with van der Waals surface area (Å²) in [4.78, 5) is 20.9. The number of rotatable bonds is 13. The van der Waals surface area contributed by atoms with Gasteiger partial charge in [-0.25, -0.2) is 0 Å². The molecule has 8 nitrogen and oxygen atoms in total. The molecular formula is C22H28N4O4. The molecule has 160 valence electrons. The van der Waals surface area contributed by atoms with Gasteiger partial charge >= 0.3 is 5.69 Å². The maximum atomic E-state index is 11.3. The number of hydrazone groups is 1. The molecule has 30 heavy (non-hydrogen) atoms. The highest BCUT2D eigenvalue weighted by atomic mass is 16.6. The monoisotopic (exact) mass is 412 g/mol. The third kappa shape index (κ3) is 7.27. The van der Waals surface area contributed by atoms with E-state index in [0.717, 1.165) is 36.6 Å². The Kier molecular flexibility index (Phi) is 9.44. The molecule has 0 aromatic heterocycles. The van der Waals surface area contributed by atoms with Gasteiger partial charge in [0, 0.05) is 6.07 Å². The first kappa shape index (κ1) is 23.0. The van der Waals surface area contributed by atoms with Gasteiger partial charge in [-0.15, -0.1) is 0 Å². The standard InChI is InChI=1S/C22H28N4O4/c1-2-3-4-5-6-7-11-14-20(18-12-9-8-10-13-18)23-24-21-16-15-19(25(27)28)17-22(21)26(29)30/h8-10,12-13,15-17,24H,2-7,11,14H2,1H3/b23-20+. The zero-order valence-corrected chi connectivity index (χ0v) is 17.3. The fraction of sp³-hybridized carbons (Fsp3) is 0.409.